The van der Waals surface area contributed by atoms with Crippen LogP contribution in [0.2, 0.25) is 0 Å². The molecular weight excluding hydrogens is 442 g/mol. The Labute approximate surface area is 196 Å². The Hall–Kier alpha value is -2.62. The predicted molar refractivity (Wildman–Crippen MR) is 127 cm³/mol. The summed E-state index contributed by atoms with van der Waals surface area (Å²) >= 11 is 0. The molecule has 0 saturated carbocycles. The van der Waals surface area contributed by atoms with E-state index in [1.807, 2.05) is 25.1 Å². The number of carbonyl (C=O) groups is 1. The number of hydrogen-bond acceptors (Lipinski definition) is 6. The van der Waals surface area contributed by atoms with E-state index in [9.17, 15) is 13.2 Å². The summed E-state index contributed by atoms with van der Waals surface area (Å²) in [5.41, 5.74) is 1.93. The molecule has 0 spiro atoms. The van der Waals surface area contributed by atoms with Crippen molar-refractivity contribution in [3.63, 3.8) is 0 Å². The van der Waals surface area contributed by atoms with Gasteiger partial charge in [-0.3, -0.25) is 9.69 Å². The van der Waals surface area contributed by atoms with E-state index >= 15 is 0 Å². The number of sulfonamides is 1. The van der Waals surface area contributed by atoms with Crippen LogP contribution < -0.4 is 19.5 Å². The van der Waals surface area contributed by atoms with Gasteiger partial charge in [-0.25, -0.2) is 13.1 Å². The van der Waals surface area contributed by atoms with E-state index in [0.29, 0.717) is 31.1 Å². The molecule has 2 aromatic rings. The lowest BCUT2D eigenvalue weighted by atomic mass is 9.98. The molecule has 1 heterocycles. The number of nitrogens with one attached hydrogen (secondary N) is 2. The Morgan fingerprint density at radius 3 is 2.52 bits per heavy atom. The summed E-state index contributed by atoms with van der Waals surface area (Å²) in [5, 5.41) is 2.94. The first kappa shape index (κ1) is 25.0. The Morgan fingerprint density at radius 1 is 1.09 bits per heavy atom. The van der Waals surface area contributed by atoms with Crippen LogP contribution in [-0.2, 0) is 21.4 Å². The second-order valence-electron chi connectivity index (χ2n) is 8.37. The number of piperidine rings is 1. The highest BCUT2D eigenvalue weighted by atomic mass is 32.2. The van der Waals surface area contributed by atoms with Crippen molar-refractivity contribution in [2.45, 2.75) is 31.2 Å². The summed E-state index contributed by atoms with van der Waals surface area (Å²) in [4.78, 5) is 14.8. The molecule has 1 fully saturated rings. The maximum atomic E-state index is 12.5. The van der Waals surface area contributed by atoms with Crippen LogP contribution in [0.4, 0.5) is 0 Å². The van der Waals surface area contributed by atoms with E-state index in [1.54, 1.807) is 38.5 Å². The number of ether oxygens (including phenoxy) is 2. The van der Waals surface area contributed by atoms with Crippen molar-refractivity contribution in [1.82, 2.24) is 14.9 Å². The van der Waals surface area contributed by atoms with Crippen molar-refractivity contribution < 1.29 is 22.7 Å². The number of rotatable bonds is 10. The van der Waals surface area contributed by atoms with Crippen molar-refractivity contribution in [2.24, 2.45) is 5.92 Å². The molecule has 33 heavy (non-hydrogen) atoms. The molecular formula is C24H33N3O5S. The van der Waals surface area contributed by atoms with Gasteiger partial charge in [-0.15, -0.1) is 0 Å². The molecule has 0 aromatic heterocycles. The van der Waals surface area contributed by atoms with Gasteiger partial charge in [-0.2, -0.15) is 0 Å². The third-order valence-electron chi connectivity index (χ3n) is 5.80. The average Bonchev–Trinajstić information content (AvgIpc) is 2.82. The van der Waals surface area contributed by atoms with Gasteiger partial charge in [0.05, 0.1) is 25.7 Å². The summed E-state index contributed by atoms with van der Waals surface area (Å²) in [5.74, 6) is 1.37. The lowest BCUT2D eigenvalue weighted by Gasteiger charge is -2.32. The van der Waals surface area contributed by atoms with Gasteiger partial charge >= 0.3 is 0 Å². The first-order valence-corrected chi connectivity index (χ1v) is 12.6. The Bertz CT molecular complexity index is 1040. The lowest BCUT2D eigenvalue weighted by molar-refractivity contribution is -0.122. The highest BCUT2D eigenvalue weighted by molar-refractivity contribution is 7.89. The molecule has 9 heteroatoms. The van der Waals surface area contributed by atoms with Gasteiger partial charge in [0.2, 0.25) is 15.9 Å². The van der Waals surface area contributed by atoms with Gasteiger partial charge in [-0.1, -0.05) is 23.8 Å². The average molecular weight is 476 g/mol. The number of benzene rings is 2. The van der Waals surface area contributed by atoms with E-state index < -0.39 is 10.0 Å². The van der Waals surface area contributed by atoms with Crippen LogP contribution in [0.5, 0.6) is 11.5 Å². The molecule has 0 aliphatic carbocycles. The number of aryl methyl sites for hydroxylation is 1. The molecule has 8 nitrogen and oxygen atoms in total. The van der Waals surface area contributed by atoms with Crippen LogP contribution in [0.1, 0.15) is 24.0 Å². The van der Waals surface area contributed by atoms with E-state index in [2.05, 4.69) is 14.9 Å². The van der Waals surface area contributed by atoms with Crippen molar-refractivity contribution in [3.8, 4) is 11.5 Å². The first-order chi connectivity index (χ1) is 15.8. The zero-order valence-corrected chi connectivity index (χ0v) is 20.3. The van der Waals surface area contributed by atoms with Gasteiger partial charge in [-0.05, 0) is 62.1 Å². The van der Waals surface area contributed by atoms with Gasteiger partial charge in [0, 0.05) is 19.6 Å². The molecule has 1 aliphatic heterocycles. The highest BCUT2D eigenvalue weighted by Crippen LogP contribution is 2.27. The van der Waals surface area contributed by atoms with Crippen LogP contribution in [0.25, 0.3) is 0 Å². The minimum atomic E-state index is -3.53. The largest absolute Gasteiger partial charge is 0.493 e. The number of likely N-dealkylation sites (tertiary alicyclic amines) is 1. The summed E-state index contributed by atoms with van der Waals surface area (Å²) in [6.07, 6.45) is 1.86. The highest BCUT2D eigenvalue weighted by Gasteiger charge is 2.23. The molecule has 1 saturated heterocycles. The van der Waals surface area contributed by atoms with Crippen molar-refractivity contribution in [1.29, 1.82) is 0 Å². The van der Waals surface area contributed by atoms with Crippen LogP contribution in [0.3, 0.4) is 0 Å². The fraction of sp³-hybridized carbons (Fsp3) is 0.458. The minimum Gasteiger partial charge on any atom is -0.493 e. The van der Waals surface area contributed by atoms with Gasteiger partial charge < -0.3 is 14.8 Å². The monoisotopic (exact) mass is 475 g/mol. The Kier molecular flexibility index (Phi) is 8.71. The smallest absolute Gasteiger partial charge is 0.240 e. The zero-order valence-electron chi connectivity index (χ0n) is 19.5. The van der Waals surface area contributed by atoms with Gasteiger partial charge in [0.25, 0.3) is 0 Å². The SMILES string of the molecule is COc1ccc(CNC(=O)CN2CCCC(CNS(=O)(=O)c3ccc(C)cc3)C2)cc1OC. The standard InChI is InChI=1S/C24H33N3O5S/c1-18-6-9-21(10-7-18)33(29,30)26-15-20-5-4-12-27(16-20)17-24(28)25-14-19-8-11-22(31-2)23(13-19)32-3/h6-11,13,20,26H,4-5,12,14-17H2,1-3H3,(H,25,28). The summed E-state index contributed by atoms with van der Waals surface area (Å²) in [6, 6.07) is 12.4. The molecule has 2 aromatic carbocycles. The molecule has 180 valence electrons. The van der Waals surface area contributed by atoms with Crippen molar-refractivity contribution in [2.75, 3.05) is 40.4 Å². The first-order valence-electron chi connectivity index (χ1n) is 11.1. The van der Waals surface area contributed by atoms with Crippen LogP contribution in [0, 0.1) is 12.8 Å². The molecule has 0 radical (unpaired) electrons. The van der Waals surface area contributed by atoms with E-state index in [-0.39, 0.29) is 23.3 Å². The minimum absolute atomic E-state index is 0.0642. The summed E-state index contributed by atoms with van der Waals surface area (Å²) < 4.78 is 38.4. The Morgan fingerprint density at radius 2 is 1.82 bits per heavy atom. The Balaban J connectivity index is 1.46. The molecule has 1 amide bonds. The molecule has 3 rings (SSSR count). The topological polar surface area (TPSA) is 97.0 Å². The second kappa shape index (κ2) is 11.5. The normalized spacial score (nSPS) is 16.9. The number of nitrogens with zero attached hydrogens (tertiary/aromatic N) is 1. The number of carbonyl (C=O) groups excluding carboxylic acids is 1. The third kappa shape index (κ3) is 7.18. The maximum absolute atomic E-state index is 12.5. The number of methoxy groups -OCH3 is 2. The second-order valence-corrected chi connectivity index (χ2v) is 10.1. The zero-order chi connectivity index (χ0) is 23.8. The van der Waals surface area contributed by atoms with E-state index in [1.165, 1.54) is 0 Å². The fourth-order valence-corrected chi connectivity index (χ4v) is 5.06. The van der Waals surface area contributed by atoms with Crippen LogP contribution >= 0.6 is 0 Å². The quantitative estimate of drug-likeness (QED) is 0.548. The predicted octanol–water partition coefficient (Wildman–Crippen LogP) is 2.32. The summed E-state index contributed by atoms with van der Waals surface area (Å²) in [7, 11) is -0.375. The van der Waals surface area contributed by atoms with Crippen LogP contribution in [0.15, 0.2) is 47.4 Å². The molecule has 2 N–H and O–H groups in total. The van der Waals surface area contributed by atoms with E-state index in [0.717, 1.165) is 30.5 Å². The molecule has 1 aliphatic rings. The number of hydrogen-bond donors (Lipinski definition) is 2. The van der Waals surface area contributed by atoms with Crippen LogP contribution in [-0.4, -0.2) is 59.6 Å². The van der Waals surface area contributed by atoms with Crippen molar-refractivity contribution >= 4 is 15.9 Å². The van der Waals surface area contributed by atoms with Crippen molar-refractivity contribution in [3.05, 3.63) is 53.6 Å². The third-order valence-corrected chi connectivity index (χ3v) is 7.24. The molecule has 1 atom stereocenters. The number of amides is 1. The van der Waals surface area contributed by atoms with Gasteiger partial charge in [0.1, 0.15) is 0 Å². The maximum Gasteiger partial charge on any atom is 0.240 e. The lowest BCUT2D eigenvalue weighted by Crippen LogP contribution is -2.45. The fourth-order valence-electron chi connectivity index (χ4n) is 3.94. The molecule has 0 bridgehead atoms. The summed E-state index contributed by atoms with van der Waals surface area (Å²) in [6.45, 7) is 4.47. The van der Waals surface area contributed by atoms with E-state index in [4.69, 9.17) is 9.47 Å². The van der Waals surface area contributed by atoms with Gasteiger partial charge in [0.15, 0.2) is 11.5 Å². The molecule has 1 unspecified atom stereocenters.